The van der Waals surface area contributed by atoms with Crippen molar-refractivity contribution >= 4 is 29.3 Å². The molecule has 0 radical (unpaired) electrons. The van der Waals surface area contributed by atoms with Gasteiger partial charge in [0.1, 0.15) is 16.8 Å². The molecule has 0 N–H and O–H groups in total. The van der Waals surface area contributed by atoms with Crippen LogP contribution >= 0.6 is 0 Å². The number of fused-ring (bicyclic) bond motifs is 3. The molecule has 0 unspecified atom stereocenters. The number of ketones is 2. The van der Waals surface area contributed by atoms with Crippen molar-refractivity contribution in [1.29, 1.82) is 0 Å². The van der Waals surface area contributed by atoms with E-state index in [4.69, 9.17) is 9.47 Å². The Bertz CT molecular complexity index is 1730. The number of hydrogen-bond donors (Lipinski definition) is 0. The summed E-state index contributed by atoms with van der Waals surface area (Å²) in [4.78, 5) is 58.1. The van der Waals surface area contributed by atoms with Crippen molar-refractivity contribution in [3.8, 4) is 5.75 Å². The number of carbonyl (C=O) groups is 4. The highest BCUT2D eigenvalue weighted by atomic mass is 16.6. The third kappa shape index (κ3) is 4.71. The first-order valence-corrected chi connectivity index (χ1v) is 14.2. The zero-order chi connectivity index (χ0) is 30.4. The van der Waals surface area contributed by atoms with E-state index in [2.05, 4.69) is 0 Å². The van der Waals surface area contributed by atoms with Crippen molar-refractivity contribution in [2.45, 2.75) is 50.2 Å². The van der Waals surface area contributed by atoms with Crippen LogP contribution in [0.25, 0.3) is 0 Å². The molecule has 0 aliphatic carbocycles. The van der Waals surface area contributed by atoms with Crippen molar-refractivity contribution in [3.63, 3.8) is 0 Å². The molecule has 2 heterocycles. The maximum atomic E-state index is 15.0. The zero-order valence-corrected chi connectivity index (χ0v) is 24.2. The number of rotatable bonds is 5. The first-order valence-electron chi connectivity index (χ1n) is 14.2. The number of amides is 2. The summed E-state index contributed by atoms with van der Waals surface area (Å²) in [6.07, 6.45) is -2.34. The lowest BCUT2D eigenvalue weighted by atomic mass is 9.60. The average Bonchev–Trinajstić information content (AvgIpc) is 3.26. The van der Waals surface area contributed by atoms with E-state index in [0.717, 1.165) is 4.90 Å². The van der Waals surface area contributed by atoms with Gasteiger partial charge in [0.05, 0.1) is 5.69 Å². The van der Waals surface area contributed by atoms with Gasteiger partial charge in [-0.15, -0.1) is 0 Å². The highest BCUT2D eigenvalue weighted by molar-refractivity contribution is 6.24. The highest BCUT2D eigenvalue weighted by Crippen LogP contribution is 2.58. The molecule has 2 amide bonds. The number of imide groups is 1. The quantitative estimate of drug-likeness (QED) is 0.241. The molecule has 0 saturated carbocycles. The molecule has 0 saturated heterocycles. The van der Waals surface area contributed by atoms with Gasteiger partial charge in [-0.3, -0.25) is 14.4 Å². The maximum absolute atomic E-state index is 15.0. The van der Waals surface area contributed by atoms with Gasteiger partial charge in [-0.1, -0.05) is 97.1 Å². The van der Waals surface area contributed by atoms with Crippen LogP contribution in [0, 0.1) is 0 Å². The third-order valence-electron chi connectivity index (χ3n) is 8.01. The summed E-state index contributed by atoms with van der Waals surface area (Å²) in [7, 11) is 0. The third-order valence-corrected chi connectivity index (χ3v) is 8.01. The topological polar surface area (TPSA) is 90.0 Å². The molecule has 6 rings (SSSR count). The van der Waals surface area contributed by atoms with Crippen LogP contribution < -0.4 is 9.64 Å². The van der Waals surface area contributed by atoms with E-state index in [1.165, 1.54) is 0 Å². The minimum absolute atomic E-state index is 0.106. The molecule has 7 heteroatoms. The van der Waals surface area contributed by atoms with Crippen LogP contribution in [-0.2, 0) is 14.9 Å². The van der Waals surface area contributed by atoms with Crippen LogP contribution in [0.1, 0.15) is 65.0 Å². The molecule has 3 atom stereocenters. The Hall–Kier alpha value is -5.04. The molecule has 2 aliphatic heterocycles. The van der Waals surface area contributed by atoms with E-state index in [1.807, 2.05) is 18.2 Å². The average molecular weight is 574 g/mol. The van der Waals surface area contributed by atoms with E-state index in [1.54, 1.807) is 112 Å². The molecule has 1 spiro atoms. The van der Waals surface area contributed by atoms with Crippen LogP contribution in [0.15, 0.2) is 109 Å². The lowest BCUT2D eigenvalue weighted by molar-refractivity contribution is -0.127. The van der Waals surface area contributed by atoms with E-state index in [9.17, 15) is 14.4 Å². The van der Waals surface area contributed by atoms with Gasteiger partial charge in [0, 0.05) is 23.5 Å². The minimum Gasteiger partial charge on any atom is -0.480 e. The molecule has 4 aromatic rings. The van der Waals surface area contributed by atoms with Gasteiger partial charge < -0.3 is 9.47 Å². The second kappa shape index (κ2) is 10.7. The summed E-state index contributed by atoms with van der Waals surface area (Å²) in [6.45, 7) is 5.16. The SMILES string of the molecule is CC(C)(C)OC(=O)N1C(=O)[C@@]2(c3ccccc31)[C@H](C(=O)c1ccccc1)Oc1ccccc1[C@@H]2CC(=O)c1ccccc1. The number of nitrogens with zero attached hydrogens (tertiary/aromatic N) is 1. The summed E-state index contributed by atoms with van der Waals surface area (Å²) in [5.74, 6) is -1.73. The Kier molecular flexibility index (Phi) is 6.97. The number of anilines is 1. The Morgan fingerprint density at radius 3 is 2.05 bits per heavy atom. The highest BCUT2D eigenvalue weighted by Gasteiger charge is 2.67. The molecule has 0 fully saturated rings. The van der Waals surface area contributed by atoms with Crippen molar-refractivity contribution < 1.29 is 28.7 Å². The molecule has 0 aromatic heterocycles. The standard InChI is InChI=1S/C36H31NO6/c1-35(2,3)43-34(41)37-28-20-12-11-19-26(28)36(33(37)40)27(22-29(38)23-14-6-4-7-15-23)25-18-10-13-21-30(25)42-32(36)31(39)24-16-8-5-9-17-24/h4-21,27,32H,22H2,1-3H3/t27-,32-,36+/m0/s1. The van der Waals surface area contributed by atoms with Crippen molar-refractivity contribution in [2.24, 2.45) is 0 Å². The zero-order valence-electron chi connectivity index (χ0n) is 24.2. The molecule has 4 aromatic carbocycles. The number of benzene rings is 4. The second-order valence-electron chi connectivity index (χ2n) is 11.8. The van der Waals surface area contributed by atoms with E-state index in [0.29, 0.717) is 33.7 Å². The predicted octanol–water partition coefficient (Wildman–Crippen LogP) is 6.91. The first kappa shape index (κ1) is 28.1. The number of para-hydroxylation sites is 2. The van der Waals surface area contributed by atoms with E-state index < -0.39 is 40.8 Å². The minimum atomic E-state index is -1.75. The largest absolute Gasteiger partial charge is 0.480 e. The summed E-state index contributed by atoms with van der Waals surface area (Å²) < 4.78 is 12.2. The van der Waals surface area contributed by atoms with Crippen LogP contribution in [0.4, 0.5) is 10.5 Å². The van der Waals surface area contributed by atoms with Gasteiger partial charge in [0.15, 0.2) is 11.9 Å². The van der Waals surface area contributed by atoms with Gasteiger partial charge in [0.2, 0.25) is 5.78 Å². The Balaban J connectivity index is 1.61. The number of carbonyl (C=O) groups excluding carboxylic acids is 4. The Labute approximate surface area is 250 Å². The maximum Gasteiger partial charge on any atom is 0.421 e. The van der Waals surface area contributed by atoms with Gasteiger partial charge in [0.25, 0.3) is 5.91 Å². The van der Waals surface area contributed by atoms with E-state index >= 15 is 4.79 Å². The molecule has 2 aliphatic rings. The van der Waals surface area contributed by atoms with Gasteiger partial charge in [-0.2, -0.15) is 0 Å². The van der Waals surface area contributed by atoms with Crippen LogP contribution in [0.5, 0.6) is 5.75 Å². The fourth-order valence-corrected chi connectivity index (χ4v) is 6.24. The molecular weight excluding hydrogens is 542 g/mol. The summed E-state index contributed by atoms with van der Waals surface area (Å²) >= 11 is 0. The van der Waals surface area contributed by atoms with Crippen LogP contribution in [0.2, 0.25) is 0 Å². The van der Waals surface area contributed by atoms with E-state index in [-0.39, 0.29) is 12.2 Å². The van der Waals surface area contributed by atoms with Crippen molar-refractivity contribution in [2.75, 3.05) is 4.90 Å². The number of Topliss-reactive ketones (excluding diaryl/α,β-unsaturated/α-hetero) is 2. The lowest BCUT2D eigenvalue weighted by Gasteiger charge is -2.45. The van der Waals surface area contributed by atoms with Crippen LogP contribution in [0.3, 0.4) is 0 Å². The fraction of sp³-hybridized carbons (Fsp3) is 0.222. The monoisotopic (exact) mass is 573 g/mol. The van der Waals surface area contributed by atoms with Gasteiger partial charge in [-0.05, 0) is 44.0 Å². The lowest BCUT2D eigenvalue weighted by Crippen LogP contribution is -2.60. The molecular formula is C36H31NO6. The smallest absolute Gasteiger partial charge is 0.421 e. The summed E-state index contributed by atoms with van der Waals surface area (Å²) in [6, 6.07) is 31.5. The second-order valence-corrected chi connectivity index (χ2v) is 11.8. The molecule has 7 nitrogen and oxygen atoms in total. The van der Waals surface area contributed by atoms with Crippen molar-refractivity contribution in [3.05, 3.63) is 131 Å². The molecule has 43 heavy (non-hydrogen) atoms. The van der Waals surface area contributed by atoms with Crippen molar-refractivity contribution in [1.82, 2.24) is 0 Å². The Morgan fingerprint density at radius 2 is 1.37 bits per heavy atom. The normalized spacial score (nSPS) is 20.6. The van der Waals surface area contributed by atoms with Gasteiger partial charge >= 0.3 is 6.09 Å². The first-order chi connectivity index (χ1) is 20.6. The molecule has 0 bridgehead atoms. The molecule has 216 valence electrons. The Morgan fingerprint density at radius 1 is 0.791 bits per heavy atom. The fourth-order valence-electron chi connectivity index (χ4n) is 6.24. The number of hydrogen-bond acceptors (Lipinski definition) is 6. The predicted molar refractivity (Wildman–Crippen MR) is 162 cm³/mol. The summed E-state index contributed by atoms with van der Waals surface area (Å²) in [5.41, 5.74) is -0.471. The van der Waals surface area contributed by atoms with Crippen LogP contribution in [-0.4, -0.2) is 35.3 Å². The number of ether oxygens (including phenoxy) is 2. The summed E-state index contributed by atoms with van der Waals surface area (Å²) in [5, 5.41) is 0. The van der Waals surface area contributed by atoms with Gasteiger partial charge in [-0.25, -0.2) is 9.69 Å².